The lowest BCUT2D eigenvalue weighted by atomic mass is 10.2. The van der Waals surface area contributed by atoms with Crippen LogP contribution in [0.25, 0.3) is 0 Å². The number of hydrogen-bond acceptors (Lipinski definition) is 3. The molecule has 0 aromatic heterocycles. The summed E-state index contributed by atoms with van der Waals surface area (Å²) in [4.78, 5) is 10.7. The van der Waals surface area contributed by atoms with Crippen LogP contribution >= 0.6 is 0 Å². The average molecular weight is 272 g/mol. The Morgan fingerprint density at radius 3 is 1.80 bits per heavy atom. The first-order valence-electron chi connectivity index (χ1n) is 6.31. The Bertz CT molecular complexity index is 558. The van der Waals surface area contributed by atoms with Gasteiger partial charge in [-0.3, -0.25) is 0 Å². The topological polar surface area (TPSA) is 55.8 Å². The van der Waals surface area contributed by atoms with E-state index in [2.05, 4.69) is 0 Å². The summed E-state index contributed by atoms with van der Waals surface area (Å²) in [5.74, 6) is 0.488. The predicted octanol–water partition coefficient (Wildman–Crippen LogP) is 3.15. The lowest BCUT2D eigenvalue weighted by Crippen LogP contribution is -2.09. The molecule has 0 aliphatic carbocycles. The molecule has 0 aliphatic heterocycles. The Morgan fingerprint density at radius 2 is 1.35 bits per heavy atom. The van der Waals surface area contributed by atoms with Crippen LogP contribution in [0.1, 0.15) is 15.9 Å². The highest BCUT2D eigenvalue weighted by Crippen LogP contribution is 2.13. The molecule has 0 radical (unpaired) electrons. The number of carboxylic acid groups (broad SMARTS) is 1. The van der Waals surface area contributed by atoms with Crippen LogP contribution in [0.15, 0.2) is 48.5 Å². The van der Waals surface area contributed by atoms with Crippen molar-refractivity contribution in [1.29, 1.82) is 0 Å². The first-order chi connectivity index (χ1) is 9.65. The van der Waals surface area contributed by atoms with E-state index in [-0.39, 0.29) is 5.56 Å². The molecule has 2 aromatic carbocycles. The van der Waals surface area contributed by atoms with Crippen molar-refractivity contribution in [3.05, 3.63) is 59.7 Å². The normalized spacial score (nSPS) is 10.1. The molecule has 20 heavy (non-hydrogen) atoms. The van der Waals surface area contributed by atoms with Crippen molar-refractivity contribution in [2.24, 2.45) is 0 Å². The Kier molecular flexibility index (Phi) is 4.60. The van der Waals surface area contributed by atoms with Crippen molar-refractivity contribution in [3.63, 3.8) is 0 Å². The number of benzene rings is 2. The number of carboxylic acids is 1. The SMILES string of the molecule is Cc1ccc(OCCOc2ccc(C(=O)O)cc2)cc1. The summed E-state index contributed by atoms with van der Waals surface area (Å²) in [6.07, 6.45) is 0. The molecule has 0 aliphatic rings. The van der Waals surface area contributed by atoms with Crippen LogP contribution in [0.2, 0.25) is 0 Å². The van der Waals surface area contributed by atoms with E-state index in [4.69, 9.17) is 14.6 Å². The van der Waals surface area contributed by atoms with Crippen LogP contribution in [-0.2, 0) is 0 Å². The zero-order valence-corrected chi connectivity index (χ0v) is 11.2. The highest BCUT2D eigenvalue weighted by Gasteiger charge is 2.02. The third kappa shape index (κ3) is 4.02. The van der Waals surface area contributed by atoms with Gasteiger partial charge in [-0.15, -0.1) is 0 Å². The third-order valence-corrected chi connectivity index (χ3v) is 2.74. The fourth-order valence-corrected chi connectivity index (χ4v) is 1.65. The molecule has 4 heteroatoms. The fourth-order valence-electron chi connectivity index (χ4n) is 1.65. The smallest absolute Gasteiger partial charge is 0.335 e. The predicted molar refractivity (Wildman–Crippen MR) is 75.6 cm³/mol. The first kappa shape index (κ1) is 13.9. The second-order valence-corrected chi connectivity index (χ2v) is 4.34. The Balaban J connectivity index is 1.75. The van der Waals surface area contributed by atoms with Gasteiger partial charge >= 0.3 is 5.97 Å². The van der Waals surface area contributed by atoms with Crippen molar-refractivity contribution in [2.75, 3.05) is 13.2 Å². The van der Waals surface area contributed by atoms with Crippen molar-refractivity contribution in [3.8, 4) is 11.5 Å². The number of aryl methyl sites for hydroxylation is 1. The van der Waals surface area contributed by atoms with Gasteiger partial charge in [0.1, 0.15) is 24.7 Å². The van der Waals surface area contributed by atoms with E-state index in [0.29, 0.717) is 19.0 Å². The van der Waals surface area contributed by atoms with E-state index in [1.807, 2.05) is 31.2 Å². The van der Waals surface area contributed by atoms with E-state index in [9.17, 15) is 4.79 Å². The summed E-state index contributed by atoms with van der Waals surface area (Å²) >= 11 is 0. The number of aromatic carboxylic acids is 1. The molecular weight excluding hydrogens is 256 g/mol. The quantitative estimate of drug-likeness (QED) is 0.821. The molecule has 4 nitrogen and oxygen atoms in total. The lowest BCUT2D eigenvalue weighted by molar-refractivity contribution is 0.0697. The molecule has 0 saturated carbocycles. The van der Waals surface area contributed by atoms with E-state index in [0.717, 1.165) is 5.75 Å². The molecule has 0 heterocycles. The second-order valence-electron chi connectivity index (χ2n) is 4.34. The van der Waals surface area contributed by atoms with Gasteiger partial charge in [0.05, 0.1) is 5.56 Å². The van der Waals surface area contributed by atoms with Gasteiger partial charge in [-0.05, 0) is 43.3 Å². The molecular formula is C16H16O4. The van der Waals surface area contributed by atoms with E-state index in [1.54, 1.807) is 12.1 Å². The van der Waals surface area contributed by atoms with Crippen molar-refractivity contribution < 1.29 is 19.4 Å². The minimum atomic E-state index is -0.945. The highest BCUT2D eigenvalue weighted by molar-refractivity contribution is 5.87. The van der Waals surface area contributed by atoms with Crippen LogP contribution in [0.3, 0.4) is 0 Å². The zero-order chi connectivity index (χ0) is 14.4. The number of carbonyl (C=O) groups is 1. The third-order valence-electron chi connectivity index (χ3n) is 2.74. The Labute approximate surface area is 117 Å². The largest absolute Gasteiger partial charge is 0.490 e. The van der Waals surface area contributed by atoms with Gasteiger partial charge in [0.15, 0.2) is 0 Å². The molecule has 1 N–H and O–H groups in total. The van der Waals surface area contributed by atoms with Crippen LogP contribution in [0.5, 0.6) is 11.5 Å². The van der Waals surface area contributed by atoms with Gasteiger partial charge in [0.2, 0.25) is 0 Å². The molecule has 0 spiro atoms. The monoisotopic (exact) mass is 272 g/mol. The molecule has 2 rings (SSSR count). The van der Waals surface area contributed by atoms with Gasteiger partial charge in [-0.2, -0.15) is 0 Å². The minimum Gasteiger partial charge on any atom is -0.490 e. The maximum atomic E-state index is 10.7. The minimum absolute atomic E-state index is 0.244. The molecule has 0 bridgehead atoms. The maximum absolute atomic E-state index is 10.7. The zero-order valence-electron chi connectivity index (χ0n) is 11.2. The summed E-state index contributed by atoms with van der Waals surface area (Å²) in [6.45, 7) is 2.86. The van der Waals surface area contributed by atoms with Crippen molar-refractivity contribution in [1.82, 2.24) is 0 Å². The summed E-state index contributed by atoms with van der Waals surface area (Å²) in [7, 11) is 0. The molecule has 0 saturated heterocycles. The molecule has 104 valence electrons. The highest BCUT2D eigenvalue weighted by atomic mass is 16.5. The molecule has 0 fully saturated rings. The molecule has 0 unspecified atom stereocenters. The summed E-state index contributed by atoms with van der Waals surface area (Å²) in [5, 5.41) is 8.77. The van der Waals surface area contributed by atoms with Gasteiger partial charge in [0, 0.05) is 0 Å². The average Bonchev–Trinajstić information content (AvgIpc) is 2.46. The van der Waals surface area contributed by atoms with Crippen LogP contribution in [-0.4, -0.2) is 24.3 Å². The van der Waals surface area contributed by atoms with Gasteiger partial charge in [-0.1, -0.05) is 17.7 Å². The molecule has 2 aromatic rings. The standard InChI is InChI=1S/C16H16O4/c1-12-2-6-14(7-3-12)19-10-11-20-15-8-4-13(5-9-15)16(17)18/h2-9H,10-11H2,1H3,(H,17,18). The van der Waals surface area contributed by atoms with Gasteiger partial charge in [0.25, 0.3) is 0 Å². The molecule has 0 atom stereocenters. The second kappa shape index (κ2) is 6.61. The van der Waals surface area contributed by atoms with Gasteiger partial charge < -0.3 is 14.6 Å². The first-order valence-corrected chi connectivity index (χ1v) is 6.31. The summed E-state index contributed by atoms with van der Waals surface area (Å²) in [5.41, 5.74) is 1.43. The van der Waals surface area contributed by atoms with Gasteiger partial charge in [-0.25, -0.2) is 4.79 Å². The van der Waals surface area contributed by atoms with E-state index >= 15 is 0 Å². The van der Waals surface area contributed by atoms with Crippen LogP contribution in [0.4, 0.5) is 0 Å². The molecule has 0 amide bonds. The van der Waals surface area contributed by atoms with Crippen molar-refractivity contribution >= 4 is 5.97 Å². The summed E-state index contributed by atoms with van der Waals surface area (Å²) in [6, 6.07) is 14.1. The van der Waals surface area contributed by atoms with Crippen LogP contribution in [0, 0.1) is 6.92 Å². The Morgan fingerprint density at radius 1 is 0.900 bits per heavy atom. The Hall–Kier alpha value is -2.49. The lowest BCUT2D eigenvalue weighted by Gasteiger charge is -2.08. The number of hydrogen-bond donors (Lipinski definition) is 1. The number of rotatable bonds is 6. The fraction of sp³-hybridized carbons (Fsp3) is 0.188. The summed E-state index contributed by atoms with van der Waals surface area (Å²) < 4.78 is 11.0. The maximum Gasteiger partial charge on any atom is 0.335 e. The number of ether oxygens (including phenoxy) is 2. The van der Waals surface area contributed by atoms with E-state index in [1.165, 1.54) is 17.7 Å². The van der Waals surface area contributed by atoms with Crippen molar-refractivity contribution in [2.45, 2.75) is 6.92 Å². The van der Waals surface area contributed by atoms with E-state index < -0.39 is 5.97 Å². The van der Waals surface area contributed by atoms with Crippen LogP contribution < -0.4 is 9.47 Å².